The van der Waals surface area contributed by atoms with E-state index in [1.165, 1.54) is 5.56 Å². The highest BCUT2D eigenvalue weighted by atomic mass is 35.5. The van der Waals surface area contributed by atoms with Gasteiger partial charge in [0.1, 0.15) is 0 Å². The summed E-state index contributed by atoms with van der Waals surface area (Å²) in [5, 5.41) is 5.31. The molecule has 0 saturated carbocycles. The third kappa shape index (κ3) is 2.78. The molecule has 2 nitrogen and oxygen atoms in total. The highest BCUT2D eigenvalue weighted by Gasteiger charge is 2.13. The molecule has 0 radical (unpaired) electrons. The number of hydrogen-bond acceptors (Lipinski definition) is 2. The van der Waals surface area contributed by atoms with Crippen molar-refractivity contribution in [3.8, 4) is 0 Å². The molecule has 0 aliphatic rings. The number of fused-ring (bicyclic) bond motifs is 1. The Bertz CT molecular complexity index is 783. The van der Waals surface area contributed by atoms with Crippen LogP contribution in [0.4, 0.5) is 0 Å². The van der Waals surface area contributed by atoms with Gasteiger partial charge >= 0.3 is 0 Å². The molecule has 1 heterocycles. The van der Waals surface area contributed by atoms with Crippen LogP contribution in [0.1, 0.15) is 22.7 Å². The molecule has 0 bridgehead atoms. The van der Waals surface area contributed by atoms with Crippen LogP contribution in [0.2, 0.25) is 5.02 Å². The van der Waals surface area contributed by atoms with Crippen molar-refractivity contribution in [2.24, 2.45) is 0 Å². The van der Waals surface area contributed by atoms with E-state index in [2.05, 4.69) is 46.7 Å². The first-order valence-corrected chi connectivity index (χ1v) is 7.35. The number of aryl methyl sites for hydroxylation is 1. The highest BCUT2D eigenvalue weighted by molar-refractivity contribution is 6.31. The van der Waals surface area contributed by atoms with Gasteiger partial charge in [-0.15, -0.1) is 0 Å². The topological polar surface area (TPSA) is 24.9 Å². The molecule has 0 aliphatic carbocycles. The van der Waals surface area contributed by atoms with Crippen molar-refractivity contribution >= 4 is 22.5 Å². The molecule has 3 aromatic rings. The Morgan fingerprint density at radius 3 is 2.57 bits per heavy atom. The van der Waals surface area contributed by atoms with Gasteiger partial charge < -0.3 is 5.32 Å². The minimum Gasteiger partial charge on any atom is -0.309 e. The fourth-order valence-electron chi connectivity index (χ4n) is 2.58. The standard InChI is InChI=1S/C18H17ClN2/c1-12-5-6-14(10-16(12)19)18(20-2)15-8-7-13-4-3-9-21-17(13)11-15/h3-11,18,20H,1-2H3. The number of pyridine rings is 1. The van der Waals surface area contributed by atoms with Gasteiger partial charge in [-0.1, -0.05) is 41.9 Å². The first-order valence-electron chi connectivity index (χ1n) is 6.97. The second kappa shape index (κ2) is 5.84. The molecule has 0 aliphatic heterocycles. The molecule has 0 spiro atoms. The van der Waals surface area contributed by atoms with E-state index in [0.29, 0.717) is 0 Å². The maximum Gasteiger partial charge on any atom is 0.0705 e. The van der Waals surface area contributed by atoms with Crippen LogP contribution < -0.4 is 5.32 Å². The molecule has 1 aromatic heterocycles. The van der Waals surface area contributed by atoms with E-state index in [-0.39, 0.29) is 6.04 Å². The van der Waals surface area contributed by atoms with Crippen molar-refractivity contribution in [1.82, 2.24) is 10.3 Å². The van der Waals surface area contributed by atoms with Gasteiger partial charge in [-0.3, -0.25) is 4.98 Å². The molecule has 106 valence electrons. The molecule has 3 rings (SSSR count). The molecule has 1 N–H and O–H groups in total. The van der Waals surface area contributed by atoms with Crippen molar-refractivity contribution in [3.05, 3.63) is 76.4 Å². The van der Waals surface area contributed by atoms with Crippen molar-refractivity contribution in [1.29, 1.82) is 0 Å². The number of benzene rings is 2. The van der Waals surface area contributed by atoms with E-state index >= 15 is 0 Å². The Morgan fingerprint density at radius 2 is 1.81 bits per heavy atom. The molecule has 2 aromatic carbocycles. The number of aromatic nitrogens is 1. The normalized spacial score (nSPS) is 12.5. The van der Waals surface area contributed by atoms with Gasteiger partial charge in [-0.2, -0.15) is 0 Å². The van der Waals surface area contributed by atoms with E-state index in [1.54, 1.807) is 0 Å². The summed E-state index contributed by atoms with van der Waals surface area (Å²) in [5.41, 5.74) is 4.44. The molecule has 3 heteroatoms. The van der Waals surface area contributed by atoms with Gasteiger partial charge in [0.25, 0.3) is 0 Å². The summed E-state index contributed by atoms with van der Waals surface area (Å²) in [6, 6.07) is 16.7. The SMILES string of the molecule is CNC(c1ccc(C)c(Cl)c1)c1ccc2cccnc2c1. The fraction of sp³-hybridized carbons (Fsp3) is 0.167. The monoisotopic (exact) mass is 296 g/mol. The second-order valence-corrected chi connectivity index (χ2v) is 5.59. The predicted octanol–water partition coefficient (Wildman–Crippen LogP) is 4.51. The van der Waals surface area contributed by atoms with Crippen LogP contribution in [0.3, 0.4) is 0 Å². The lowest BCUT2D eigenvalue weighted by Gasteiger charge is -2.18. The van der Waals surface area contributed by atoms with E-state index in [0.717, 1.165) is 27.1 Å². The molecule has 0 saturated heterocycles. The average Bonchev–Trinajstić information content (AvgIpc) is 2.51. The lowest BCUT2D eigenvalue weighted by Crippen LogP contribution is -2.17. The molecule has 1 unspecified atom stereocenters. The zero-order valence-corrected chi connectivity index (χ0v) is 12.9. The summed E-state index contributed by atoms with van der Waals surface area (Å²) in [6.07, 6.45) is 1.82. The molecule has 1 atom stereocenters. The van der Waals surface area contributed by atoms with Gasteiger partial charge in [-0.05, 0) is 48.9 Å². The number of nitrogens with one attached hydrogen (secondary N) is 1. The largest absolute Gasteiger partial charge is 0.309 e. The lowest BCUT2D eigenvalue weighted by molar-refractivity contribution is 0.692. The Morgan fingerprint density at radius 1 is 1.05 bits per heavy atom. The van der Waals surface area contributed by atoms with Gasteiger partial charge in [0, 0.05) is 16.6 Å². The molecular formula is C18H17ClN2. The molecular weight excluding hydrogens is 280 g/mol. The summed E-state index contributed by atoms with van der Waals surface area (Å²) in [4.78, 5) is 4.43. The smallest absolute Gasteiger partial charge is 0.0705 e. The van der Waals surface area contributed by atoms with Gasteiger partial charge in [0.2, 0.25) is 0 Å². The number of rotatable bonds is 3. The Labute approximate surface area is 129 Å². The minimum absolute atomic E-state index is 0.106. The minimum atomic E-state index is 0.106. The highest BCUT2D eigenvalue weighted by Crippen LogP contribution is 2.27. The average molecular weight is 297 g/mol. The maximum absolute atomic E-state index is 6.26. The first-order chi connectivity index (χ1) is 10.2. The third-order valence-corrected chi connectivity index (χ3v) is 4.19. The van der Waals surface area contributed by atoms with Crippen LogP contribution >= 0.6 is 11.6 Å². The van der Waals surface area contributed by atoms with Crippen molar-refractivity contribution < 1.29 is 0 Å². The second-order valence-electron chi connectivity index (χ2n) is 5.19. The Balaban J connectivity index is 2.06. The van der Waals surface area contributed by atoms with Gasteiger partial charge in [0.15, 0.2) is 0 Å². The van der Waals surface area contributed by atoms with E-state index < -0.39 is 0 Å². The molecule has 21 heavy (non-hydrogen) atoms. The van der Waals surface area contributed by atoms with Crippen LogP contribution in [0.15, 0.2) is 54.7 Å². The van der Waals surface area contributed by atoms with Crippen molar-refractivity contribution in [2.75, 3.05) is 7.05 Å². The van der Waals surface area contributed by atoms with Crippen molar-refractivity contribution in [3.63, 3.8) is 0 Å². The number of hydrogen-bond donors (Lipinski definition) is 1. The first kappa shape index (κ1) is 14.1. The fourth-order valence-corrected chi connectivity index (χ4v) is 2.77. The van der Waals surface area contributed by atoms with Crippen LogP contribution in [-0.2, 0) is 0 Å². The zero-order chi connectivity index (χ0) is 14.8. The summed E-state index contributed by atoms with van der Waals surface area (Å²) < 4.78 is 0. The van der Waals surface area contributed by atoms with E-state index in [1.807, 2.05) is 32.3 Å². The quantitative estimate of drug-likeness (QED) is 0.769. The van der Waals surface area contributed by atoms with E-state index in [4.69, 9.17) is 11.6 Å². The Kier molecular flexibility index (Phi) is 3.91. The zero-order valence-electron chi connectivity index (χ0n) is 12.1. The predicted molar refractivity (Wildman–Crippen MR) is 88.8 cm³/mol. The summed E-state index contributed by atoms with van der Waals surface area (Å²) in [7, 11) is 1.96. The van der Waals surface area contributed by atoms with Crippen LogP contribution in [0, 0.1) is 6.92 Å². The summed E-state index contributed by atoms with van der Waals surface area (Å²) in [6.45, 7) is 2.01. The number of nitrogens with zero attached hydrogens (tertiary/aromatic N) is 1. The van der Waals surface area contributed by atoms with Gasteiger partial charge in [-0.25, -0.2) is 0 Å². The molecule has 0 fully saturated rings. The van der Waals surface area contributed by atoms with Gasteiger partial charge in [0.05, 0.1) is 11.6 Å². The third-order valence-electron chi connectivity index (χ3n) is 3.78. The summed E-state index contributed by atoms with van der Waals surface area (Å²) in [5.74, 6) is 0. The summed E-state index contributed by atoms with van der Waals surface area (Å²) >= 11 is 6.26. The number of halogens is 1. The van der Waals surface area contributed by atoms with Crippen molar-refractivity contribution in [2.45, 2.75) is 13.0 Å². The lowest BCUT2D eigenvalue weighted by atomic mass is 9.97. The van der Waals surface area contributed by atoms with Crippen LogP contribution in [0.5, 0.6) is 0 Å². The van der Waals surface area contributed by atoms with E-state index in [9.17, 15) is 0 Å². The maximum atomic E-state index is 6.26. The molecule has 0 amide bonds. The van der Waals surface area contributed by atoms with Crippen LogP contribution in [0.25, 0.3) is 10.9 Å². The Hall–Kier alpha value is -1.90. The van der Waals surface area contributed by atoms with Crippen LogP contribution in [-0.4, -0.2) is 12.0 Å².